The van der Waals surface area contributed by atoms with Gasteiger partial charge in [0.15, 0.2) is 0 Å². The molecule has 0 atom stereocenters. The number of hydrogen-bond donors (Lipinski definition) is 0. The van der Waals surface area contributed by atoms with Crippen molar-refractivity contribution in [3.05, 3.63) is 26.9 Å². The summed E-state index contributed by atoms with van der Waals surface area (Å²) >= 11 is 2.32. The summed E-state index contributed by atoms with van der Waals surface area (Å²) in [5.74, 6) is 0.288. The third-order valence-corrected chi connectivity index (χ3v) is 3.47. The molecule has 0 bridgehead atoms. The molecule has 98 valence electrons. The van der Waals surface area contributed by atoms with Crippen LogP contribution in [0.1, 0.15) is 6.25 Å². The van der Waals surface area contributed by atoms with Gasteiger partial charge in [-0.1, -0.05) is 15.8 Å². The summed E-state index contributed by atoms with van der Waals surface area (Å²) in [6.45, 7) is 0.142. The highest BCUT2D eigenvalue weighted by molar-refractivity contribution is 7.11. The van der Waals surface area contributed by atoms with Crippen LogP contribution in [0.2, 0.25) is 0 Å². The fraction of sp³-hybridized carbons (Fsp3) is 0.250. The number of rotatable bonds is 4. The summed E-state index contributed by atoms with van der Waals surface area (Å²) in [4.78, 5) is 16.2. The first-order chi connectivity index (χ1) is 9.65. The molecule has 0 radical (unpaired) electrons. The van der Waals surface area contributed by atoms with Crippen LogP contribution in [0, 0.1) is 0 Å². The lowest BCUT2D eigenvalue weighted by atomic mass is 10.5. The van der Waals surface area contributed by atoms with Crippen LogP contribution in [0.25, 0.3) is 5.82 Å². The minimum absolute atomic E-state index is 0.142. The third-order valence-electron chi connectivity index (χ3n) is 2.15. The van der Waals surface area contributed by atoms with E-state index in [1.807, 2.05) is 0 Å². The molecule has 3 aromatic heterocycles. The average Bonchev–Trinajstić information content (AvgIpc) is 3.11. The molecule has 3 rings (SSSR count). The van der Waals surface area contributed by atoms with Crippen LogP contribution in [0.15, 0.2) is 16.3 Å². The highest BCUT2D eigenvalue weighted by atomic mass is 32.1. The fourth-order valence-corrected chi connectivity index (χ4v) is 2.25. The van der Waals surface area contributed by atoms with Crippen molar-refractivity contribution >= 4 is 22.9 Å². The zero-order valence-corrected chi connectivity index (χ0v) is 11.2. The maximum absolute atomic E-state index is 11.8. The lowest BCUT2D eigenvalue weighted by molar-refractivity contribution is 0.307. The highest BCUT2D eigenvalue weighted by Gasteiger charge is 2.16. The lowest BCUT2D eigenvalue weighted by Crippen LogP contribution is -2.23. The third kappa shape index (κ3) is 2.24. The van der Waals surface area contributed by atoms with Gasteiger partial charge in [0.2, 0.25) is 5.82 Å². The molecule has 11 heteroatoms. The Morgan fingerprint density at radius 3 is 3.11 bits per heavy atom. The van der Waals surface area contributed by atoms with E-state index in [1.165, 1.54) is 18.4 Å². The van der Waals surface area contributed by atoms with Crippen LogP contribution in [0.5, 0.6) is 5.19 Å². The Balaban J connectivity index is 1.83. The molecule has 3 aromatic rings. The van der Waals surface area contributed by atoms with Gasteiger partial charge < -0.3 is 4.74 Å². The molecule has 0 fully saturated rings. The predicted molar refractivity (Wildman–Crippen MR) is 66.5 cm³/mol. The van der Waals surface area contributed by atoms with Gasteiger partial charge in [0, 0.05) is 18.6 Å². The van der Waals surface area contributed by atoms with E-state index in [0.717, 1.165) is 20.9 Å². The highest BCUT2D eigenvalue weighted by Crippen LogP contribution is 2.19. The number of aromatic nitrogens is 7. The van der Waals surface area contributed by atoms with Gasteiger partial charge in [-0.15, -0.1) is 9.78 Å². The number of thiazole rings is 1. The second-order valence-corrected chi connectivity index (χ2v) is 5.01. The Hall–Kier alpha value is -2.14. The van der Waals surface area contributed by atoms with E-state index in [4.69, 9.17) is 6.11 Å². The van der Waals surface area contributed by atoms with Crippen LogP contribution >= 0.6 is 22.9 Å². The van der Waals surface area contributed by atoms with Crippen LogP contribution in [0.4, 0.5) is 0 Å². The molecular weight excluding hydrogens is 290 g/mol. The number of hydrogen-bond acceptors (Lipinski definition) is 9. The number of ether oxygens (including phenoxy) is 1. The van der Waals surface area contributed by atoms with Gasteiger partial charge in [-0.25, -0.2) is 9.78 Å². The van der Waals surface area contributed by atoms with Crippen molar-refractivity contribution in [1.82, 2.24) is 34.4 Å². The topological polar surface area (TPSA) is 101 Å². The Bertz CT molecular complexity index is 791. The van der Waals surface area contributed by atoms with E-state index in [2.05, 4.69) is 25.0 Å². The van der Waals surface area contributed by atoms with E-state index < -0.39 is 5.69 Å². The molecule has 0 unspecified atom stereocenters. The summed E-state index contributed by atoms with van der Waals surface area (Å²) < 4.78 is 18.7. The maximum atomic E-state index is 11.8. The molecule has 0 aromatic carbocycles. The second-order valence-electron chi connectivity index (χ2n) is 3.35. The van der Waals surface area contributed by atoms with E-state index in [1.54, 1.807) is 5.38 Å². The molecule has 19 heavy (non-hydrogen) atoms. The minimum atomic E-state index is -0.415. The normalized spacial score (nSPS) is 11.5. The molecule has 0 amide bonds. The van der Waals surface area contributed by atoms with Crippen molar-refractivity contribution in [3.63, 3.8) is 0 Å². The minimum Gasteiger partial charge on any atom is -0.464 e. The summed E-state index contributed by atoms with van der Waals surface area (Å²) in [5.41, 5.74) is -0.415. The summed E-state index contributed by atoms with van der Waals surface area (Å²) in [7, 11) is 1.49. The first kappa shape index (κ1) is 10.8. The molecule has 0 aliphatic rings. The fourth-order valence-electron chi connectivity index (χ4n) is 1.28. The zero-order valence-electron chi connectivity index (χ0n) is 10.5. The van der Waals surface area contributed by atoms with Crippen molar-refractivity contribution in [1.29, 1.82) is 0 Å². The van der Waals surface area contributed by atoms with E-state index in [0.29, 0.717) is 10.1 Å². The van der Waals surface area contributed by atoms with Crippen LogP contribution in [-0.4, -0.2) is 34.4 Å². The van der Waals surface area contributed by atoms with E-state index in [9.17, 15) is 4.79 Å². The van der Waals surface area contributed by atoms with Gasteiger partial charge in [0.05, 0.1) is 1.37 Å². The molecule has 3 heterocycles. The number of nitrogens with zero attached hydrogens (tertiary/aromatic N) is 7. The van der Waals surface area contributed by atoms with Crippen molar-refractivity contribution in [2.75, 3.05) is 0 Å². The summed E-state index contributed by atoms with van der Waals surface area (Å²) in [6, 6.07) is 0. The molecule has 0 aliphatic heterocycles. The molecule has 9 nitrogen and oxygen atoms in total. The van der Waals surface area contributed by atoms with Crippen molar-refractivity contribution in [2.45, 2.75) is 6.61 Å². The van der Waals surface area contributed by atoms with Crippen LogP contribution in [-0.2, 0) is 13.7 Å². The molecule has 0 N–H and O–H groups in total. The second kappa shape index (κ2) is 4.85. The Morgan fingerprint density at radius 1 is 1.53 bits per heavy atom. The van der Waals surface area contributed by atoms with Gasteiger partial charge >= 0.3 is 5.69 Å². The van der Waals surface area contributed by atoms with E-state index in [-0.39, 0.29) is 18.6 Å². The SMILES string of the molecule is [3H]c1csc(OCc2snnc2-n2nnn(C)c2=O)n1. The first-order valence-electron chi connectivity index (χ1n) is 5.50. The van der Waals surface area contributed by atoms with Gasteiger partial charge in [-0.05, 0) is 22.0 Å². The van der Waals surface area contributed by atoms with E-state index >= 15 is 0 Å². The predicted octanol–water partition coefficient (Wildman–Crippen LogP) is -0.147. The summed E-state index contributed by atoms with van der Waals surface area (Å²) in [6.07, 6.45) is 0.151. The molecular formula is C8H7N7O2S2. The van der Waals surface area contributed by atoms with Crippen molar-refractivity contribution in [2.24, 2.45) is 7.05 Å². The molecule has 0 saturated carbocycles. The largest absolute Gasteiger partial charge is 0.464 e. The number of tetrazole rings is 1. The molecule has 0 aliphatic carbocycles. The van der Waals surface area contributed by atoms with Gasteiger partial charge in [0.25, 0.3) is 5.19 Å². The first-order valence-corrected chi connectivity index (χ1v) is 6.66. The lowest BCUT2D eigenvalue weighted by Gasteiger charge is -2.00. The number of aryl methyl sites for hydroxylation is 1. The van der Waals surface area contributed by atoms with Gasteiger partial charge in [-0.2, -0.15) is 4.68 Å². The van der Waals surface area contributed by atoms with Crippen molar-refractivity contribution in [3.8, 4) is 11.0 Å². The Kier molecular flexibility index (Phi) is 2.75. The van der Waals surface area contributed by atoms with Crippen molar-refractivity contribution < 1.29 is 6.11 Å². The Labute approximate surface area is 115 Å². The molecule has 0 saturated heterocycles. The quantitative estimate of drug-likeness (QED) is 0.660. The van der Waals surface area contributed by atoms with Gasteiger partial charge in [0.1, 0.15) is 11.5 Å². The maximum Gasteiger partial charge on any atom is 0.369 e. The smallest absolute Gasteiger partial charge is 0.369 e. The summed E-state index contributed by atoms with van der Waals surface area (Å²) in [5, 5.41) is 13.1. The monoisotopic (exact) mass is 299 g/mol. The van der Waals surface area contributed by atoms with Crippen LogP contribution in [0.3, 0.4) is 0 Å². The standard InChI is InChI=1S/C8H7N7O2S2/c1-14-8(16)15(12-11-14)6-5(19-13-10-6)4-17-7-9-2-3-18-7/h2-3H,4H2,1H3/i2T. The zero-order chi connectivity index (χ0) is 14.1. The Morgan fingerprint density at radius 2 is 2.42 bits per heavy atom. The average molecular weight is 299 g/mol. The molecule has 0 spiro atoms. The van der Waals surface area contributed by atoms with Gasteiger partial charge in [-0.3, -0.25) is 0 Å². The van der Waals surface area contributed by atoms with Crippen LogP contribution < -0.4 is 10.4 Å².